The molecule has 3 rings (SSSR count). The van der Waals surface area contributed by atoms with Gasteiger partial charge in [0.1, 0.15) is 0 Å². The minimum atomic E-state index is 0.234. The Labute approximate surface area is 103 Å². The van der Waals surface area contributed by atoms with Crippen LogP contribution in [-0.4, -0.2) is 11.0 Å². The van der Waals surface area contributed by atoms with E-state index < -0.39 is 0 Å². The van der Waals surface area contributed by atoms with Crippen LogP contribution in [0, 0.1) is 5.41 Å². The molecular formula is C13H15BrN2. The maximum atomic E-state index is 6.10. The highest BCUT2D eigenvalue weighted by molar-refractivity contribution is 9.10. The first-order valence-corrected chi connectivity index (χ1v) is 6.33. The van der Waals surface area contributed by atoms with Gasteiger partial charge in [0, 0.05) is 33.0 Å². The van der Waals surface area contributed by atoms with Crippen molar-refractivity contribution in [1.82, 2.24) is 4.98 Å². The highest BCUT2D eigenvalue weighted by Crippen LogP contribution is 2.57. The molecule has 0 radical (unpaired) electrons. The third-order valence-corrected chi connectivity index (χ3v) is 4.34. The van der Waals surface area contributed by atoms with Crippen LogP contribution in [-0.2, 0) is 0 Å². The van der Waals surface area contributed by atoms with E-state index in [4.69, 9.17) is 5.73 Å². The summed E-state index contributed by atoms with van der Waals surface area (Å²) >= 11 is 3.49. The highest BCUT2D eigenvalue weighted by Gasteiger charge is 2.56. The van der Waals surface area contributed by atoms with Gasteiger partial charge in [0.2, 0.25) is 0 Å². The summed E-state index contributed by atoms with van der Waals surface area (Å²) in [6.45, 7) is 4.45. The lowest BCUT2D eigenvalue weighted by Gasteiger charge is -1.98. The molecule has 2 nitrogen and oxygen atoms in total. The number of rotatable bonds is 1. The van der Waals surface area contributed by atoms with E-state index >= 15 is 0 Å². The zero-order valence-electron chi connectivity index (χ0n) is 9.42. The van der Waals surface area contributed by atoms with Crippen molar-refractivity contribution in [3.8, 4) is 0 Å². The second kappa shape index (κ2) is 3.11. The minimum Gasteiger partial charge on any atom is -0.358 e. The zero-order chi connectivity index (χ0) is 11.5. The Morgan fingerprint density at radius 2 is 2.00 bits per heavy atom. The van der Waals surface area contributed by atoms with Crippen LogP contribution in [0.3, 0.4) is 0 Å². The van der Waals surface area contributed by atoms with Crippen molar-refractivity contribution < 1.29 is 0 Å². The monoisotopic (exact) mass is 278 g/mol. The largest absolute Gasteiger partial charge is 0.358 e. The molecule has 0 saturated heterocycles. The lowest BCUT2D eigenvalue weighted by molar-refractivity contribution is 0.596. The average molecular weight is 279 g/mol. The molecule has 1 aliphatic rings. The summed E-state index contributed by atoms with van der Waals surface area (Å²) in [5, 5.41) is 1.25. The number of aromatic amines is 1. The quantitative estimate of drug-likeness (QED) is 0.825. The van der Waals surface area contributed by atoms with Gasteiger partial charge in [-0.1, -0.05) is 29.8 Å². The molecular weight excluding hydrogens is 264 g/mol. The normalized spacial score (nSPS) is 27.2. The molecule has 1 aliphatic carbocycles. The summed E-state index contributed by atoms with van der Waals surface area (Å²) in [6, 6.07) is 8.80. The number of H-pyrrole nitrogens is 1. The number of fused-ring (bicyclic) bond motifs is 1. The summed E-state index contributed by atoms with van der Waals surface area (Å²) in [4.78, 5) is 3.47. The number of nitrogens with one attached hydrogen (secondary N) is 1. The predicted octanol–water partition coefficient (Wildman–Crippen LogP) is 3.38. The Bertz CT molecular complexity index is 556. The number of benzene rings is 1. The molecule has 0 amide bonds. The first-order chi connectivity index (χ1) is 7.50. The van der Waals surface area contributed by atoms with Crippen molar-refractivity contribution in [2.45, 2.75) is 25.8 Å². The van der Waals surface area contributed by atoms with E-state index in [1.54, 1.807) is 0 Å². The first kappa shape index (κ1) is 10.4. The van der Waals surface area contributed by atoms with Crippen molar-refractivity contribution in [2.75, 3.05) is 0 Å². The van der Waals surface area contributed by atoms with E-state index in [1.165, 1.54) is 16.6 Å². The molecule has 16 heavy (non-hydrogen) atoms. The van der Waals surface area contributed by atoms with Gasteiger partial charge in [0.05, 0.1) is 0 Å². The Hall–Kier alpha value is -0.800. The summed E-state index contributed by atoms with van der Waals surface area (Å²) in [5.41, 5.74) is 8.79. The maximum Gasteiger partial charge on any atom is 0.0456 e. The van der Waals surface area contributed by atoms with Gasteiger partial charge < -0.3 is 10.7 Å². The molecule has 1 aromatic heterocycles. The van der Waals surface area contributed by atoms with Gasteiger partial charge in [-0.3, -0.25) is 0 Å². The fourth-order valence-corrected chi connectivity index (χ4v) is 2.94. The van der Waals surface area contributed by atoms with E-state index in [0.29, 0.717) is 5.92 Å². The molecule has 3 heteroatoms. The second-order valence-electron chi connectivity index (χ2n) is 5.28. The molecule has 0 unspecified atom stereocenters. The Balaban J connectivity index is 2.07. The molecule has 3 N–H and O–H groups in total. The van der Waals surface area contributed by atoms with Crippen LogP contribution in [0.4, 0.5) is 0 Å². The topological polar surface area (TPSA) is 41.8 Å². The average Bonchev–Trinajstić information content (AvgIpc) is 2.60. The third-order valence-electron chi connectivity index (χ3n) is 3.85. The molecule has 0 spiro atoms. The summed E-state index contributed by atoms with van der Waals surface area (Å²) in [5.74, 6) is 0.471. The number of hydrogen-bond acceptors (Lipinski definition) is 1. The molecule has 1 aromatic carbocycles. The highest BCUT2D eigenvalue weighted by atomic mass is 79.9. The van der Waals surface area contributed by atoms with Crippen molar-refractivity contribution >= 4 is 26.8 Å². The molecule has 0 bridgehead atoms. The minimum absolute atomic E-state index is 0.234. The molecule has 1 heterocycles. The summed E-state index contributed by atoms with van der Waals surface area (Å²) in [6.07, 6.45) is 0. The molecule has 2 aromatic rings. The fourth-order valence-electron chi connectivity index (χ4n) is 2.57. The van der Waals surface area contributed by atoms with Crippen molar-refractivity contribution in [3.05, 3.63) is 34.4 Å². The van der Waals surface area contributed by atoms with E-state index in [1.807, 2.05) is 0 Å². The van der Waals surface area contributed by atoms with Crippen LogP contribution in [0.25, 0.3) is 10.9 Å². The van der Waals surface area contributed by atoms with Gasteiger partial charge in [0.15, 0.2) is 0 Å². The zero-order valence-corrected chi connectivity index (χ0v) is 11.0. The molecule has 0 aliphatic heterocycles. The number of aromatic nitrogens is 1. The van der Waals surface area contributed by atoms with Crippen molar-refractivity contribution in [1.29, 1.82) is 0 Å². The maximum absolute atomic E-state index is 6.10. The van der Waals surface area contributed by atoms with Crippen LogP contribution in [0.2, 0.25) is 0 Å². The predicted molar refractivity (Wildman–Crippen MR) is 70.5 cm³/mol. The number of halogens is 1. The number of hydrogen-bond donors (Lipinski definition) is 2. The van der Waals surface area contributed by atoms with E-state index in [9.17, 15) is 0 Å². The van der Waals surface area contributed by atoms with Gasteiger partial charge in [-0.05, 0) is 29.7 Å². The van der Waals surface area contributed by atoms with Crippen LogP contribution in [0.5, 0.6) is 0 Å². The number of nitrogens with two attached hydrogens (primary N) is 1. The third kappa shape index (κ3) is 1.35. The lowest BCUT2D eigenvalue weighted by Crippen LogP contribution is -2.06. The van der Waals surface area contributed by atoms with Crippen LogP contribution in [0.15, 0.2) is 28.7 Å². The first-order valence-electron chi connectivity index (χ1n) is 5.54. The van der Waals surface area contributed by atoms with Gasteiger partial charge in [-0.15, -0.1) is 0 Å². The Morgan fingerprint density at radius 1 is 1.31 bits per heavy atom. The van der Waals surface area contributed by atoms with Crippen molar-refractivity contribution in [3.63, 3.8) is 0 Å². The molecule has 1 saturated carbocycles. The van der Waals surface area contributed by atoms with Crippen LogP contribution in [0.1, 0.15) is 25.5 Å². The van der Waals surface area contributed by atoms with Gasteiger partial charge >= 0.3 is 0 Å². The van der Waals surface area contributed by atoms with Crippen LogP contribution < -0.4 is 5.73 Å². The smallest absolute Gasteiger partial charge is 0.0456 e. The van der Waals surface area contributed by atoms with Gasteiger partial charge in [0.25, 0.3) is 0 Å². The summed E-state index contributed by atoms with van der Waals surface area (Å²) < 4.78 is 1.12. The SMILES string of the molecule is CC1(C)[C@H](N)[C@H]1c1cc2cc(Br)ccc2[nH]1. The standard InChI is InChI=1S/C13H15BrN2/c1-13(2)11(12(13)15)10-6-7-5-8(14)3-4-9(7)16-10/h3-6,11-12,16H,15H2,1-2H3/t11-,12-/m1/s1. The molecule has 84 valence electrons. The van der Waals surface area contributed by atoms with E-state index in [2.05, 4.69) is 59.0 Å². The Kier molecular flexibility index (Phi) is 2.01. The van der Waals surface area contributed by atoms with Gasteiger partial charge in [-0.25, -0.2) is 0 Å². The fraction of sp³-hybridized carbons (Fsp3) is 0.385. The van der Waals surface area contributed by atoms with Gasteiger partial charge in [-0.2, -0.15) is 0 Å². The Morgan fingerprint density at radius 3 is 2.62 bits per heavy atom. The molecule has 1 fully saturated rings. The second-order valence-corrected chi connectivity index (χ2v) is 6.20. The van der Waals surface area contributed by atoms with Crippen LogP contribution >= 0.6 is 15.9 Å². The van der Waals surface area contributed by atoms with Crippen molar-refractivity contribution in [2.24, 2.45) is 11.1 Å². The van der Waals surface area contributed by atoms with E-state index in [0.717, 1.165) is 4.47 Å². The lowest BCUT2D eigenvalue weighted by atomic mass is 10.1. The molecule has 2 atom stereocenters. The van der Waals surface area contributed by atoms with E-state index in [-0.39, 0.29) is 11.5 Å². The summed E-state index contributed by atoms with van der Waals surface area (Å²) in [7, 11) is 0.